The Balaban J connectivity index is 2.96. The molecule has 0 spiro atoms. The SMILES string of the molecule is CC(=O)N1C(C)(C)CC(OC(=O)Cl)CC1(C)C. The fourth-order valence-electron chi connectivity index (χ4n) is 3.26. The van der Waals surface area contributed by atoms with E-state index >= 15 is 0 Å². The number of ether oxygens (including phenoxy) is 1. The molecule has 1 aliphatic rings. The van der Waals surface area contributed by atoms with E-state index in [1.165, 1.54) is 0 Å². The molecule has 17 heavy (non-hydrogen) atoms. The van der Waals surface area contributed by atoms with Crippen molar-refractivity contribution in [2.75, 3.05) is 0 Å². The molecule has 5 heteroatoms. The maximum Gasteiger partial charge on any atom is 0.404 e. The highest BCUT2D eigenvalue weighted by atomic mass is 35.5. The minimum absolute atomic E-state index is 0.0376. The summed E-state index contributed by atoms with van der Waals surface area (Å²) in [6.45, 7) is 9.47. The number of rotatable bonds is 1. The van der Waals surface area contributed by atoms with Crippen molar-refractivity contribution in [3.63, 3.8) is 0 Å². The van der Waals surface area contributed by atoms with Gasteiger partial charge in [0, 0.05) is 42.4 Å². The topological polar surface area (TPSA) is 46.6 Å². The van der Waals surface area contributed by atoms with Gasteiger partial charge in [-0.25, -0.2) is 4.79 Å². The van der Waals surface area contributed by atoms with E-state index in [1.54, 1.807) is 6.92 Å². The number of hydrogen-bond donors (Lipinski definition) is 0. The Morgan fingerprint density at radius 1 is 1.18 bits per heavy atom. The predicted molar refractivity (Wildman–Crippen MR) is 66.0 cm³/mol. The van der Waals surface area contributed by atoms with Crippen molar-refractivity contribution in [1.29, 1.82) is 0 Å². The van der Waals surface area contributed by atoms with Crippen LogP contribution in [0.25, 0.3) is 0 Å². The largest absolute Gasteiger partial charge is 0.450 e. The first kappa shape index (κ1) is 14.3. The Morgan fingerprint density at radius 2 is 1.59 bits per heavy atom. The van der Waals surface area contributed by atoms with E-state index in [-0.39, 0.29) is 23.1 Å². The molecule has 1 heterocycles. The van der Waals surface area contributed by atoms with E-state index in [0.29, 0.717) is 12.8 Å². The lowest BCUT2D eigenvalue weighted by atomic mass is 9.78. The summed E-state index contributed by atoms with van der Waals surface area (Å²) < 4.78 is 5.08. The molecule has 0 aliphatic carbocycles. The van der Waals surface area contributed by atoms with Crippen molar-refractivity contribution in [3.05, 3.63) is 0 Å². The highest BCUT2D eigenvalue weighted by molar-refractivity contribution is 6.61. The van der Waals surface area contributed by atoms with Crippen LogP contribution < -0.4 is 0 Å². The first-order chi connectivity index (χ1) is 7.56. The summed E-state index contributed by atoms with van der Waals surface area (Å²) in [5, 5.41) is 0. The lowest BCUT2D eigenvalue weighted by Gasteiger charge is -2.54. The van der Waals surface area contributed by atoms with E-state index in [9.17, 15) is 9.59 Å². The highest BCUT2D eigenvalue weighted by Crippen LogP contribution is 2.39. The van der Waals surface area contributed by atoms with E-state index in [1.807, 2.05) is 32.6 Å². The van der Waals surface area contributed by atoms with Crippen LogP contribution >= 0.6 is 11.6 Å². The molecule has 0 atom stereocenters. The van der Waals surface area contributed by atoms with Gasteiger partial charge in [-0.1, -0.05) is 0 Å². The van der Waals surface area contributed by atoms with Gasteiger partial charge in [-0.05, 0) is 27.7 Å². The molecular formula is C12H20ClNO3. The molecule has 1 amide bonds. The van der Waals surface area contributed by atoms with Crippen LogP contribution in [0, 0.1) is 0 Å². The number of carbonyl (C=O) groups is 2. The van der Waals surface area contributed by atoms with E-state index in [4.69, 9.17) is 16.3 Å². The maximum absolute atomic E-state index is 11.8. The monoisotopic (exact) mass is 261 g/mol. The van der Waals surface area contributed by atoms with Crippen LogP contribution in [-0.4, -0.2) is 33.4 Å². The summed E-state index contributed by atoms with van der Waals surface area (Å²) in [7, 11) is 0. The van der Waals surface area contributed by atoms with E-state index in [0.717, 1.165) is 0 Å². The number of carbonyl (C=O) groups excluding carboxylic acids is 2. The zero-order valence-corrected chi connectivity index (χ0v) is 11.8. The third-order valence-electron chi connectivity index (χ3n) is 3.24. The van der Waals surface area contributed by atoms with Gasteiger partial charge >= 0.3 is 5.43 Å². The maximum atomic E-state index is 11.8. The summed E-state index contributed by atoms with van der Waals surface area (Å²) in [6, 6.07) is 0. The summed E-state index contributed by atoms with van der Waals surface area (Å²) in [5.41, 5.74) is -1.47. The number of nitrogens with zero attached hydrogens (tertiary/aromatic N) is 1. The molecule has 0 aromatic heterocycles. The van der Waals surface area contributed by atoms with Gasteiger partial charge in [-0.2, -0.15) is 0 Å². The standard InChI is InChI=1S/C12H20ClNO3/c1-8(15)14-11(2,3)6-9(17-10(13)16)7-12(14,4)5/h9H,6-7H2,1-5H3. The van der Waals surface area contributed by atoms with Crippen LogP contribution in [0.1, 0.15) is 47.5 Å². The zero-order chi connectivity index (χ0) is 13.4. The van der Waals surface area contributed by atoms with E-state index < -0.39 is 5.43 Å². The number of likely N-dealkylation sites (tertiary alicyclic amines) is 1. The van der Waals surface area contributed by atoms with Crippen LogP contribution in [0.15, 0.2) is 0 Å². The van der Waals surface area contributed by atoms with Gasteiger partial charge in [0.25, 0.3) is 0 Å². The molecule has 0 unspecified atom stereocenters. The molecule has 1 saturated heterocycles. The minimum Gasteiger partial charge on any atom is -0.450 e. The molecule has 1 aliphatic heterocycles. The number of piperidine rings is 1. The lowest BCUT2D eigenvalue weighted by Crippen LogP contribution is -2.63. The molecule has 0 aromatic carbocycles. The summed E-state index contributed by atoms with van der Waals surface area (Å²) >= 11 is 5.25. The quantitative estimate of drug-likeness (QED) is 0.682. The van der Waals surface area contributed by atoms with Crippen molar-refractivity contribution < 1.29 is 14.3 Å². The zero-order valence-electron chi connectivity index (χ0n) is 11.0. The number of halogens is 1. The Labute approximate surface area is 107 Å². The first-order valence-electron chi connectivity index (χ1n) is 5.73. The second kappa shape index (κ2) is 4.48. The molecule has 98 valence electrons. The van der Waals surface area contributed by atoms with Crippen molar-refractivity contribution >= 4 is 22.9 Å². The average Bonchev–Trinajstić information content (AvgIpc) is 1.93. The van der Waals surface area contributed by atoms with Crippen LogP contribution in [0.4, 0.5) is 4.79 Å². The van der Waals surface area contributed by atoms with Gasteiger partial charge < -0.3 is 9.64 Å². The van der Waals surface area contributed by atoms with Gasteiger partial charge in [-0.15, -0.1) is 0 Å². The smallest absolute Gasteiger partial charge is 0.404 e. The molecule has 0 N–H and O–H groups in total. The van der Waals surface area contributed by atoms with Crippen molar-refractivity contribution in [1.82, 2.24) is 4.90 Å². The van der Waals surface area contributed by atoms with Gasteiger partial charge in [-0.3, -0.25) is 4.79 Å². The van der Waals surface area contributed by atoms with Gasteiger partial charge in [0.15, 0.2) is 0 Å². The van der Waals surface area contributed by atoms with Gasteiger partial charge in [0.05, 0.1) is 0 Å². The van der Waals surface area contributed by atoms with Crippen LogP contribution in [0.2, 0.25) is 0 Å². The summed E-state index contributed by atoms with van der Waals surface area (Å²) in [5.74, 6) is 0.0376. The minimum atomic E-state index is -0.780. The third kappa shape index (κ3) is 3.12. The molecular weight excluding hydrogens is 242 g/mol. The average molecular weight is 262 g/mol. The molecule has 1 fully saturated rings. The second-order valence-corrected chi connectivity index (χ2v) is 6.17. The van der Waals surface area contributed by atoms with Gasteiger partial charge in [0.2, 0.25) is 5.91 Å². The Bertz CT molecular complexity index is 321. The number of hydrogen-bond acceptors (Lipinski definition) is 3. The number of amides is 1. The Hall–Kier alpha value is -0.770. The fourth-order valence-corrected chi connectivity index (χ4v) is 3.38. The molecule has 4 nitrogen and oxygen atoms in total. The molecule has 1 rings (SSSR count). The van der Waals surface area contributed by atoms with Crippen molar-refractivity contribution in [2.45, 2.75) is 64.6 Å². The third-order valence-corrected chi connectivity index (χ3v) is 3.33. The Kier molecular flexibility index (Phi) is 3.77. The molecule has 0 aromatic rings. The molecule has 0 radical (unpaired) electrons. The molecule has 0 bridgehead atoms. The van der Waals surface area contributed by atoms with Crippen LogP contribution in [0.5, 0.6) is 0 Å². The fraction of sp³-hybridized carbons (Fsp3) is 0.833. The second-order valence-electron chi connectivity index (χ2n) is 5.87. The van der Waals surface area contributed by atoms with Crippen LogP contribution in [-0.2, 0) is 9.53 Å². The summed E-state index contributed by atoms with van der Waals surface area (Å²) in [4.78, 5) is 24.4. The van der Waals surface area contributed by atoms with E-state index in [2.05, 4.69) is 0 Å². The Morgan fingerprint density at radius 3 is 1.88 bits per heavy atom. The highest BCUT2D eigenvalue weighted by Gasteiger charge is 2.47. The first-order valence-corrected chi connectivity index (χ1v) is 6.11. The molecule has 0 saturated carbocycles. The normalized spacial score (nSPS) is 23.3. The lowest BCUT2D eigenvalue weighted by molar-refractivity contribution is -0.152. The van der Waals surface area contributed by atoms with Crippen LogP contribution in [0.3, 0.4) is 0 Å². The predicted octanol–water partition coefficient (Wildman–Crippen LogP) is 2.93. The summed E-state index contributed by atoms with van der Waals surface area (Å²) in [6.07, 6.45) is 0.976. The van der Waals surface area contributed by atoms with Crippen molar-refractivity contribution in [2.24, 2.45) is 0 Å². The van der Waals surface area contributed by atoms with Crippen molar-refractivity contribution in [3.8, 4) is 0 Å². The van der Waals surface area contributed by atoms with Gasteiger partial charge in [0.1, 0.15) is 6.10 Å².